The van der Waals surface area contributed by atoms with Crippen molar-refractivity contribution in [3.05, 3.63) is 69.2 Å². The topological polar surface area (TPSA) is 12.0 Å². The first-order valence-corrected chi connectivity index (χ1v) is 8.56. The number of hydrogen-bond acceptors (Lipinski definition) is 1. The van der Waals surface area contributed by atoms with Gasteiger partial charge < -0.3 is 5.32 Å². The molecule has 1 fully saturated rings. The van der Waals surface area contributed by atoms with Gasteiger partial charge in [-0.25, -0.2) is 0 Å². The molecule has 0 amide bonds. The van der Waals surface area contributed by atoms with E-state index in [0.29, 0.717) is 18.0 Å². The van der Waals surface area contributed by atoms with Gasteiger partial charge in [-0.2, -0.15) is 0 Å². The van der Waals surface area contributed by atoms with E-state index in [2.05, 4.69) is 58.5 Å². The molecule has 0 radical (unpaired) electrons. The van der Waals surface area contributed by atoms with Gasteiger partial charge in [-0.1, -0.05) is 57.9 Å². The minimum absolute atomic E-state index is 0.342. The lowest BCUT2D eigenvalue weighted by atomic mass is 9.75. The zero-order valence-electron chi connectivity index (χ0n) is 12.0. The third-order valence-electron chi connectivity index (χ3n) is 4.32. The molecule has 0 aromatic heterocycles. The van der Waals surface area contributed by atoms with E-state index in [1.165, 1.54) is 28.4 Å². The van der Waals surface area contributed by atoms with Gasteiger partial charge in [-0.15, -0.1) is 0 Å². The lowest BCUT2D eigenvalue weighted by Crippen LogP contribution is -2.41. The van der Waals surface area contributed by atoms with Gasteiger partial charge in [-0.05, 0) is 55.0 Å². The molecule has 1 N–H and O–H groups in total. The molecule has 1 nitrogen and oxygen atoms in total. The lowest BCUT2D eigenvalue weighted by Gasteiger charge is -2.38. The van der Waals surface area contributed by atoms with Gasteiger partial charge in [0.05, 0.1) is 0 Å². The first-order valence-electron chi connectivity index (χ1n) is 7.39. The summed E-state index contributed by atoms with van der Waals surface area (Å²) in [5.74, 6) is 0.671. The van der Waals surface area contributed by atoms with Crippen LogP contribution in [0.3, 0.4) is 0 Å². The molecule has 1 atom stereocenters. The number of halogens is 2. The number of rotatable bonds is 4. The number of hydrogen-bond donors (Lipinski definition) is 1. The van der Waals surface area contributed by atoms with Crippen molar-refractivity contribution in [1.29, 1.82) is 0 Å². The molecule has 0 spiro atoms. The van der Waals surface area contributed by atoms with Crippen LogP contribution in [-0.4, -0.2) is 6.04 Å². The standard InChI is InChI=1S/C18H19BrClN/c1-12(13-5-4-6-15(20)9-13)21-16-10-14(11-16)17-7-2-3-8-18(17)19/h2-9,12,14,16,21H,10-11H2,1H3. The molecule has 3 heteroatoms. The van der Waals surface area contributed by atoms with E-state index >= 15 is 0 Å². The molecule has 2 aromatic carbocycles. The van der Waals surface area contributed by atoms with Crippen molar-refractivity contribution >= 4 is 27.5 Å². The summed E-state index contributed by atoms with van der Waals surface area (Å²) in [4.78, 5) is 0. The van der Waals surface area contributed by atoms with E-state index < -0.39 is 0 Å². The average molecular weight is 365 g/mol. The second-order valence-corrected chi connectivity index (χ2v) is 7.12. The van der Waals surface area contributed by atoms with E-state index in [-0.39, 0.29) is 0 Å². The van der Waals surface area contributed by atoms with Crippen molar-refractivity contribution in [1.82, 2.24) is 5.32 Å². The van der Waals surface area contributed by atoms with E-state index in [1.807, 2.05) is 18.2 Å². The van der Waals surface area contributed by atoms with Crippen LogP contribution >= 0.6 is 27.5 Å². The molecule has 1 aliphatic carbocycles. The summed E-state index contributed by atoms with van der Waals surface area (Å²) in [5.41, 5.74) is 2.69. The fraction of sp³-hybridized carbons (Fsp3) is 0.333. The van der Waals surface area contributed by atoms with Crippen LogP contribution in [0.1, 0.15) is 42.9 Å². The Labute approximate surface area is 139 Å². The SMILES string of the molecule is CC(NC1CC(c2ccccc2Br)C1)c1cccc(Cl)c1. The van der Waals surface area contributed by atoms with Crippen molar-refractivity contribution in [2.45, 2.75) is 37.8 Å². The summed E-state index contributed by atoms with van der Waals surface area (Å²) >= 11 is 9.71. The molecule has 1 saturated carbocycles. The molecule has 1 unspecified atom stereocenters. The monoisotopic (exact) mass is 363 g/mol. The predicted molar refractivity (Wildman–Crippen MR) is 92.9 cm³/mol. The van der Waals surface area contributed by atoms with Gasteiger partial charge in [0.15, 0.2) is 0 Å². The molecule has 21 heavy (non-hydrogen) atoms. The highest BCUT2D eigenvalue weighted by atomic mass is 79.9. The van der Waals surface area contributed by atoms with Crippen LogP contribution in [0, 0.1) is 0 Å². The molecular weight excluding hydrogens is 346 g/mol. The maximum absolute atomic E-state index is 6.06. The van der Waals surface area contributed by atoms with Crippen LogP contribution < -0.4 is 5.32 Å². The Morgan fingerprint density at radius 2 is 1.90 bits per heavy atom. The first-order chi connectivity index (χ1) is 10.1. The van der Waals surface area contributed by atoms with Crippen molar-refractivity contribution in [2.24, 2.45) is 0 Å². The zero-order chi connectivity index (χ0) is 14.8. The fourth-order valence-corrected chi connectivity index (χ4v) is 3.85. The summed E-state index contributed by atoms with van der Waals surface area (Å²) in [7, 11) is 0. The molecule has 110 valence electrons. The maximum atomic E-state index is 6.06. The van der Waals surface area contributed by atoms with Crippen LogP contribution in [0.15, 0.2) is 53.0 Å². The highest BCUT2D eigenvalue weighted by molar-refractivity contribution is 9.10. The minimum Gasteiger partial charge on any atom is -0.307 e. The van der Waals surface area contributed by atoms with E-state index in [9.17, 15) is 0 Å². The van der Waals surface area contributed by atoms with Gasteiger partial charge in [0.25, 0.3) is 0 Å². The second-order valence-electron chi connectivity index (χ2n) is 5.83. The molecule has 0 bridgehead atoms. The van der Waals surface area contributed by atoms with Crippen molar-refractivity contribution < 1.29 is 0 Å². The Morgan fingerprint density at radius 1 is 1.14 bits per heavy atom. The van der Waals surface area contributed by atoms with Crippen LogP contribution in [-0.2, 0) is 0 Å². The van der Waals surface area contributed by atoms with Crippen molar-refractivity contribution in [3.63, 3.8) is 0 Å². The molecular formula is C18H19BrClN. The first kappa shape index (κ1) is 15.1. The molecule has 1 aliphatic rings. The van der Waals surface area contributed by atoms with Gasteiger partial charge in [-0.3, -0.25) is 0 Å². The largest absolute Gasteiger partial charge is 0.307 e. The number of nitrogens with one attached hydrogen (secondary N) is 1. The molecule has 0 saturated heterocycles. The summed E-state index contributed by atoms with van der Waals surface area (Å²) in [5, 5.41) is 4.51. The third-order valence-corrected chi connectivity index (χ3v) is 5.27. The molecule has 3 rings (SSSR count). The third kappa shape index (κ3) is 3.50. The average Bonchev–Trinajstić information content (AvgIpc) is 2.43. The van der Waals surface area contributed by atoms with Crippen LogP contribution in [0.5, 0.6) is 0 Å². The van der Waals surface area contributed by atoms with Crippen molar-refractivity contribution in [2.75, 3.05) is 0 Å². The maximum Gasteiger partial charge on any atom is 0.0409 e. The predicted octanol–water partition coefficient (Wildman–Crippen LogP) is 5.70. The van der Waals surface area contributed by atoms with E-state index in [4.69, 9.17) is 11.6 Å². The van der Waals surface area contributed by atoms with E-state index in [0.717, 1.165) is 5.02 Å². The van der Waals surface area contributed by atoms with Gasteiger partial charge in [0.1, 0.15) is 0 Å². The Kier molecular flexibility index (Phi) is 4.68. The summed E-state index contributed by atoms with van der Waals surface area (Å²) in [6.07, 6.45) is 2.40. The molecule has 2 aromatic rings. The van der Waals surface area contributed by atoms with E-state index in [1.54, 1.807) is 0 Å². The Balaban J connectivity index is 1.56. The molecule has 0 heterocycles. The quantitative estimate of drug-likeness (QED) is 0.734. The summed E-state index contributed by atoms with van der Waals surface area (Å²) in [6.45, 7) is 2.21. The Bertz CT molecular complexity index is 622. The van der Waals surface area contributed by atoms with Gasteiger partial charge >= 0.3 is 0 Å². The smallest absolute Gasteiger partial charge is 0.0409 e. The van der Waals surface area contributed by atoms with Crippen LogP contribution in [0.2, 0.25) is 5.02 Å². The molecule has 0 aliphatic heterocycles. The normalized spacial score (nSPS) is 22.6. The van der Waals surface area contributed by atoms with Gasteiger partial charge in [0.2, 0.25) is 0 Å². The highest BCUT2D eigenvalue weighted by Crippen LogP contribution is 2.40. The number of benzene rings is 2. The lowest BCUT2D eigenvalue weighted by molar-refractivity contribution is 0.270. The van der Waals surface area contributed by atoms with Crippen LogP contribution in [0.25, 0.3) is 0 Å². The fourth-order valence-electron chi connectivity index (χ4n) is 3.04. The van der Waals surface area contributed by atoms with Crippen molar-refractivity contribution in [3.8, 4) is 0 Å². The minimum atomic E-state index is 0.342. The zero-order valence-corrected chi connectivity index (χ0v) is 14.4. The second kappa shape index (κ2) is 6.51. The van der Waals surface area contributed by atoms with Gasteiger partial charge in [0, 0.05) is 21.6 Å². The Hall–Kier alpha value is -0.830. The van der Waals surface area contributed by atoms with Crippen LogP contribution in [0.4, 0.5) is 0 Å². The summed E-state index contributed by atoms with van der Waals surface area (Å²) in [6, 6.07) is 17.6. The highest BCUT2D eigenvalue weighted by Gasteiger charge is 2.32. The summed E-state index contributed by atoms with van der Waals surface area (Å²) < 4.78 is 1.23. The Morgan fingerprint density at radius 3 is 2.62 bits per heavy atom.